The first-order valence-electron chi connectivity index (χ1n) is 6.57. The van der Waals surface area contributed by atoms with E-state index in [-0.39, 0.29) is 17.6 Å². The smallest absolute Gasteiger partial charge is 0.165 e. The normalized spacial score (nSPS) is 18.6. The summed E-state index contributed by atoms with van der Waals surface area (Å²) in [6, 6.07) is 6.96. The number of nitrogens with one attached hydrogen (secondary N) is 1. The Kier molecular flexibility index (Phi) is 3.31. The Morgan fingerprint density at radius 2 is 2.30 bits per heavy atom. The Morgan fingerprint density at radius 1 is 1.45 bits per heavy atom. The number of ether oxygens (including phenoxy) is 1. The molecule has 20 heavy (non-hydrogen) atoms. The van der Waals surface area contributed by atoms with Gasteiger partial charge in [-0.2, -0.15) is 5.10 Å². The van der Waals surface area contributed by atoms with Crippen molar-refractivity contribution in [3.63, 3.8) is 0 Å². The van der Waals surface area contributed by atoms with Gasteiger partial charge in [0.15, 0.2) is 17.4 Å². The first-order valence-corrected chi connectivity index (χ1v) is 6.57. The molecule has 0 spiro atoms. The van der Waals surface area contributed by atoms with Gasteiger partial charge in [0.25, 0.3) is 0 Å². The summed E-state index contributed by atoms with van der Waals surface area (Å²) >= 11 is 0. The number of nitrogens with zero attached hydrogens (tertiary/aromatic N) is 2. The van der Waals surface area contributed by atoms with E-state index >= 15 is 0 Å². The molecule has 1 aliphatic heterocycles. The van der Waals surface area contributed by atoms with E-state index in [0.29, 0.717) is 0 Å². The summed E-state index contributed by atoms with van der Waals surface area (Å²) < 4.78 is 18.6. The van der Waals surface area contributed by atoms with Crippen LogP contribution in [0.25, 0.3) is 11.3 Å². The highest BCUT2D eigenvalue weighted by atomic mass is 19.1. The third-order valence-electron chi connectivity index (χ3n) is 3.58. The Bertz CT molecular complexity index is 613. The van der Waals surface area contributed by atoms with Crippen LogP contribution in [0.2, 0.25) is 0 Å². The molecule has 3 N–H and O–H groups in total. The van der Waals surface area contributed by atoms with E-state index in [0.717, 1.165) is 36.6 Å². The van der Waals surface area contributed by atoms with Crippen molar-refractivity contribution in [3.05, 3.63) is 30.1 Å². The summed E-state index contributed by atoms with van der Waals surface area (Å²) in [5.41, 5.74) is 7.41. The highest BCUT2D eigenvalue weighted by Gasteiger charge is 2.21. The van der Waals surface area contributed by atoms with Crippen LogP contribution in [0.5, 0.6) is 5.75 Å². The van der Waals surface area contributed by atoms with E-state index in [1.54, 1.807) is 12.1 Å². The fourth-order valence-corrected chi connectivity index (χ4v) is 2.45. The molecule has 1 aliphatic rings. The van der Waals surface area contributed by atoms with E-state index in [1.807, 2.05) is 6.07 Å². The lowest BCUT2D eigenvalue weighted by Gasteiger charge is -2.13. The van der Waals surface area contributed by atoms with Crippen LogP contribution < -0.4 is 15.4 Å². The van der Waals surface area contributed by atoms with E-state index in [4.69, 9.17) is 10.5 Å². The molecule has 0 radical (unpaired) electrons. The van der Waals surface area contributed by atoms with Crippen molar-refractivity contribution in [3.8, 4) is 17.0 Å². The molecule has 1 unspecified atom stereocenters. The van der Waals surface area contributed by atoms with Crippen molar-refractivity contribution in [2.24, 2.45) is 5.73 Å². The van der Waals surface area contributed by atoms with Crippen LogP contribution in [0, 0.1) is 5.82 Å². The topological polar surface area (TPSA) is 67.2 Å². The molecule has 0 saturated carbocycles. The third-order valence-corrected chi connectivity index (χ3v) is 3.58. The molecule has 0 bridgehead atoms. The molecule has 0 amide bonds. The Morgan fingerprint density at radius 3 is 2.95 bits per heavy atom. The summed E-state index contributed by atoms with van der Waals surface area (Å²) in [7, 11) is 1.45. The van der Waals surface area contributed by atoms with Crippen LogP contribution in [0.15, 0.2) is 24.3 Å². The van der Waals surface area contributed by atoms with Crippen molar-refractivity contribution in [1.29, 1.82) is 0 Å². The van der Waals surface area contributed by atoms with Gasteiger partial charge in [-0.25, -0.2) is 4.39 Å². The van der Waals surface area contributed by atoms with Gasteiger partial charge in [0, 0.05) is 30.8 Å². The van der Waals surface area contributed by atoms with Gasteiger partial charge in [-0.15, -0.1) is 0 Å². The van der Waals surface area contributed by atoms with Gasteiger partial charge < -0.3 is 15.4 Å². The summed E-state index contributed by atoms with van der Waals surface area (Å²) in [6.07, 6.45) is 0.972. The minimum absolute atomic E-state index is 0.202. The Balaban J connectivity index is 1.84. The van der Waals surface area contributed by atoms with Crippen molar-refractivity contribution in [2.75, 3.05) is 25.1 Å². The number of hydrogen-bond acceptors (Lipinski definition) is 4. The summed E-state index contributed by atoms with van der Waals surface area (Å²) in [5.74, 6) is 0.701. The third kappa shape index (κ3) is 2.34. The van der Waals surface area contributed by atoms with Gasteiger partial charge >= 0.3 is 0 Å². The lowest BCUT2D eigenvalue weighted by atomic mass is 10.1. The van der Waals surface area contributed by atoms with Crippen LogP contribution in [0.1, 0.15) is 6.42 Å². The highest BCUT2D eigenvalue weighted by Crippen LogP contribution is 2.27. The van der Waals surface area contributed by atoms with E-state index in [2.05, 4.69) is 15.1 Å². The van der Waals surface area contributed by atoms with Crippen LogP contribution >= 0.6 is 0 Å². The van der Waals surface area contributed by atoms with Gasteiger partial charge in [-0.1, -0.05) is 0 Å². The largest absolute Gasteiger partial charge is 0.494 e. The van der Waals surface area contributed by atoms with Crippen molar-refractivity contribution < 1.29 is 9.13 Å². The number of methoxy groups -OCH3 is 1. The first-order chi connectivity index (χ1) is 9.67. The highest BCUT2D eigenvalue weighted by molar-refractivity contribution is 5.64. The molecule has 1 aromatic heterocycles. The first kappa shape index (κ1) is 12.9. The average Bonchev–Trinajstić information content (AvgIpc) is 3.07. The van der Waals surface area contributed by atoms with Crippen molar-refractivity contribution >= 4 is 5.82 Å². The van der Waals surface area contributed by atoms with E-state index < -0.39 is 0 Å². The van der Waals surface area contributed by atoms with Crippen LogP contribution in [0.4, 0.5) is 10.2 Å². The zero-order valence-electron chi connectivity index (χ0n) is 11.3. The standard InChI is InChI=1S/C14H17FN4O/c1-20-13-3-2-9(6-11(13)15)12-7-14(18-17-12)19-5-4-10(16)8-19/h2-3,6-7,10H,4-5,8,16H2,1H3,(H,17,18). The molecular formula is C14H17FN4O. The lowest BCUT2D eigenvalue weighted by molar-refractivity contribution is 0.386. The van der Waals surface area contributed by atoms with Gasteiger partial charge in [0.1, 0.15) is 0 Å². The minimum atomic E-state index is -0.385. The average molecular weight is 276 g/mol. The second-order valence-electron chi connectivity index (χ2n) is 4.98. The fourth-order valence-electron chi connectivity index (χ4n) is 2.45. The SMILES string of the molecule is COc1ccc(-c2cc(N3CCC(N)C3)n[nH]2)cc1F. The molecule has 1 fully saturated rings. The molecule has 2 aromatic rings. The zero-order valence-corrected chi connectivity index (χ0v) is 11.3. The maximum atomic E-state index is 13.7. The van der Waals surface area contributed by atoms with Gasteiger partial charge in [0.2, 0.25) is 0 Å². The fraction of sp³-hybridized carbons (Fsp3) is 0.357. The van der Waals surface area contributed by atoms with Gasteiger partial charge in [0.05, 0.1) is 12.8 Å². The number of benzene rings is 1. The second-order valence-corrected chi connectivity index (χ2v) is 4.98. The molecule has 0 aliphatic carbocycles. The molecule has 5 nitrogen and oxygen atoms in total. The van der Waals surface area contributed by atoms with Gasteiger partial charge in [-0.05, 0) is 24.6 Å². The van der Waals surface area contributed by atoms with E-state index in [1.165, 1.54) is 13.2 Å². The number of anilines is 1. The molecule has 2 heterocycles. The number of aromatic nitrogens is 2. The number of nitrogens with two attached hydrogens (primary N) is 1. The van der Waals surface area contributed by atoms with Crippen LogP contribution in [0.3, 0.4) is 0 Å². The van der Waals surface area contributed by atoms with Crippen molar-refractivity contribution in [1.82, 2.24) is 10.2 Å². The molecular weight excluding hydrogens is 259 g/mol. The Labute approximate surface area is 116 Å². The second kappa shape index (κ2) is 5.13. The number of hydrogen-bond donors (Lipinski definition) is 2. The quantitative estimate of drug-likeness (QED) is 0.896. The van der Waals surface area contributed by atoms with E-state index in [9.17, 15) is 4.39 Å². The number of halogens is 1. The summed E-state index contributed by atoms with van der Waals surface area (Å²) in [5, 5.41) is 7.21. The molecule has 1 atom stereocenters. The monoisotopic (exact) mass is 276 g/mol. The zero-order chi connectivity index (χ0) is 14.1. The Hall–Kier alpha value is -2.08. The molecule has 1 aromatic carbocycles. The molecule has 6 heteroatoms. The molecule has 1 saturated heterocycles. The predicted octanol–water partition coefficient (Wildman–Crippen LogP) is 1.76. The van der Waals surface area contributed by atoms with Crippen LogP contribution in [-0.2, 0) is 0 Å². The minimum Gasteiger partial charge on any atom is -0.494 e. The van der Waals surface area contributed by atoms with Gasteiger partial charge in [-0.3, -0.25) is 5.10 Å². The predicted molar refractivity (Wildman–Crippen MR) is 75.3 cm³/mol. The number of aromatic amines is 1. The number of H-pyrrole nitrogens is 1. The summed E-state index contributed by atoms with van der Waals surface area (Å²) in [6.45, 7) is 1.71. The number of rotatable bonds is 3. The molecule has 106 valence electrons. The maximum Gasteiger partial charge on any atom is 0.165 e. The van der Waals surface area contributed by atoms with Crippen molar-refractivity contribution in [2.45, 2.75) is 12.5 Å². The maximum absolute atomic E-state index is 13.7. The van der Waals surface area contributed by atoms with Crippen LogP contribution in [-0.4, -0.2) is 36.4 Å². The summed E-state index contributed by atoms with van der Waals surface area (Å²) in [4.78, 5) is 2.13. The molecule has 3 rings (SSSR count). The lowest BCUT2D eigenvalue weighted by Crippen LogP contribution is -2.26.